The van der Waals surface area contributed by atoms with Crippen LogP contribution in [0.3, 0.4) is 0 Å². The van der Waals surface area contributed by atoms with E-state index in [1.807, 2.05) is 0 Å². The van der Waals surface area contributed by atoms with E-state index in [0.717, 1.165) is 6.07 Å². The summed E-state index contributed by atoms with van der Waals surface area (Å²) in [5, 5.41) is 11.4. The molecule has 0 atom stereocenters. The molecule has 92 valence electrons. The van der Waals surface area contributed by atoms with Gasteiger partial charge >= 0.3 is 5.97 Å². The van der Waals surface area contributed by atoms with Gasteiger partial charge in [-0.05, 0) is 36.4 Å². The van der Waals surface area contributed by atoms with Crippen molar-refractivity contribution in [2.45, 2.75) is 0 Å². The molecule has 0 amide bonds. The Bertz CT molecular complexity index is 582. The second-order valence-corrected chi connectivity index (χ2v) is 3.61. The molecule has 0 aliphatic rings. The van der Waals surface area contributed by atoms with Gasteiger partial charge in [-0.3, -0.25) is 0 Å². The number of halogens is 2. The molecule has 0 aliphatic heterocycles. The van der Waals surface area contributed by atoms with Crippen LogP contribution in [0.15, 0.2) is 42.5 Å². The first-order valence-corrected chi connectivity index (χ1v) is 5.12. The Hall–Kier alpha value is -2.43. The normalized spacial score (nSPS) is 10.1. The lowest BCUT2D eigenvalue weighted by molar-refractivity contribution is 0.0697. The summed E-state index contributed by atoms with van der Waals surface area (Å²) in [6, 6.07) is 9.51. The highest BCUT2D eigenvalue weighted by Crippen LogP contribution is 2.21. The van der Waals surface area contributed by atoms with Crippen molar-refractivity contribution in [3.63, 3.8) is 0 Å². The smallest absolute Gasteiger partial charge is 0.335 e. The minimum Gasteiger partial charge on any atom is -0.478 e. The number of hydrogen-bond donors (Lipinski definition) is 2. The molecule has 0 saturated heterocycles. The van der Waals surface area contributed by atoms with Gasteiger partial charge in [-0.25, -0.2) is 13.6 Å². The number of carboxylic acid groups (broad SMARTS) is 1. The average Bonchev–Trinajstić information content (AvgIpc) is 2.36. The summed E-state index contributed by atoms with van der Waals surface area (Å²) in [6.45, 7) is 0. The number of nitrogens with one attached hydrogen (secondary N) is 1. The van der Waals surface area contributed by atoms with E-state index in [1.165, 1.54) is 36.4 Å². The molecule has 5 heteroatoms. The Balaban J connectivity index is 2.24. The van der Waals surface area contributed by atoms with E-state index in [-0.39, 0.29) is 11.3 Å². The van der Waals surface area contributed by atoms with Crippen LogP contribution in [-0.2, 0) is 0 Å². The molecule has 2 N–H and O–H groups in total. The predicted octanol–water partition coefficient (Wildman–Crippen LogP) is 3.41. The molecule has 3 nitrogen and oxygen atoms in total. The van der Waals surface area contributed by atoms with Gasteiger partial charge in [0.1, 0.15) is 0 Å². The van der Waals surface area contributed by atoms with Crippen molar-refractivity contribution < 1.29 is 18.7 Å². The first kappa shape index (κ1) is 12.0. The molecular formula is C13H9F2NO2. The van der Waals surface area contributed by atoms with Crippen LogP contribution in [0, 0.1) is 11.6 Å². The van der Waals surface area contributed by atoms with E-state index in [0.29, 0.717) is 5.69 Å². The molecule has 0 heterocycles. The standard InChI is InChI=1S/C13H9F2NO2/c14-10-2-1-3-11(12(10)15)16-9-6-4-8(5-7-9)13(17)18/h1-7,16H,(H,17,18). The zero-order valence-corrected chi connectivity index (χ0v) is 9.15. The molecule has 0 saturated carbocycles. The summed E-state index contributed by atoms with van der Waals surface area (Å²) in [4.78, 5) is 10.6. The third-order valence-electron chi connectivity index (χ3n) is 2.36. The molecule has 2 aromatic rings. The van der Waals surface area contributed by atoms with E-state index in [2.05, 4.69) is 5.32 Å². The van der Waals surface area contributed by atoms with E-state index >= 15 is 0 Å². The first-order valence-electron chi connectivity index (χ1n) is 5.12. The Morgan fingerprint density at radius 1 is 1.06 bits per heavy atom. The van der Waals surface area contributed by atoms with Crippen molar-refractivity contribution in [3.8, 4) is 0 Å². The number of anilines is 2. The lowest BCUT2D eigenvalue weighted by atomic mass is 10.2. The molecule has 0 radical (unpaired) electrons. The van der Waals surface area contributed by atoms with Crippen LogP contribution in [0.25, 0.3) is 0 Å². The van der Waals surface area contributed by atoms with Gasteiger partial charge in [0, 0.05) is 5.69 Å². The van der Waals surface area contributed by atoms with Gasteiger partial charge < -0.3 is 10.4 Å². The zero-order chi connectivity index (χ0) is 13.1. The van der Waals surface area contributed by atoms with Crippen molar-refractivity contribution in [1.29, 1.82) is 0 Å². The number of carbonyl (C=O) groups is 1. The summed E-state index contributed by atoms with van der Waals surface area (Å²) in [7, 11) is 0. The molecule has 2 aromatic carbocycles. The second-order valence-electron chi connectivity index (χ2n) is 3.61. The first-order chi connectivity index (χ1) is 8.58. The summed E-state index contributed by atoms with van der Waals surface area (Å²) >= 11 is 0. The molecule has 0 bridgehead atoms. The SMILES string of the molecule is O=C(O)c1ccc(Nc2cccc(F)c2F)cc1. The summed E-state index contributed by atoms with van der Waals surface area (Å²) < 4.78 is 26.3. The van der Waals surface area contributed by atoms with Crippen LogP contribution in [0.5, 0.6) is 0 Å². The fraction of sp³-hybridized carbons (Fsp3) is 0. The van der Waals surface area contributed by atoms with Gasteiger partial charge in [-0.2, -0.15) is 0 Å². The van der Waals surface area contributed by atoms with E-state index in [1.54, 1.807) is 0 Å². The Kier molecular flexibility index (Phi) is 3.23. The van der Waals surface area contributed by atoms with Crippen molar-refractivity contribution in [2.24, 2.45) is 0 Å². The van der Waals surface area contributed by atoms with Gasteiger partial charge in [-0.1, -0.05) is 6.07 Å². The van der Waals surface area contributed by atoms with Gasteiger partial charge in [0.2, 0.25) is 0 Å². The van der Waals surface area contributed by atoms with Crippen molar-refractivity contribution in [2.75, 3.05) is 5.32 Å². The van der Waals surface area contributed by atoms with Crippen LogP contribution >= 0.6 is 0 Å². The highest BCUT2D eigenvalue weighted by Gasteiger charge is 2.08. The Morgan fingerprint density at radius 2 is 1.72 bits per heavy atom. The molecule has 0 aromatic heterocycles. The molecule has 0 unspecified atom stereocenters. The number of aromatic carboxylic acids is 1. The van der Waals surface area contributed by atoms with Gasteiger partial charge in [-0.15, -0.1) is 0 Å². The molecule has 0 aliphatic carbocycles. The second kappa shape index (κ2) is 4.83. The number of hydrogen-bond acceptors (Lipinski definition) is 2. The van der Waals surface area contributed by atoms with Gasteiger partial charge in [0.05, 0.1) is 11.3 Å². The maximum absolute atomic E-state index is 13.4. The van der Waals surface area contributed by atoms with Crippen LogP contribution < -0.4 is 5.32 Å². The number of benzene rings is 2. The minimum atomic E-state index is -1.04. The van der Waals surface area contributed by atoms with Crippen LogP contribution in [-0.4, -0.2) is 11.1 Å². The third kappa shape index (κ3) is 2.45. The van der Waals surface area contributed by atoms with E-state index in [9.17, 15) is 13.6 Å². The van der Waals surface area contributed by atoms with Crippen molar-refractivity contribution >= 4 is 17.3 Å². The van der Waals surface area contributed by atoms with Gasteiger partial charge in [0.15, 0.2) is 11.6 Å². The number of carboxylic acids is 1. The molecule has 2 rings (SSSR count). The summed E-state index contributed by atoms with van der Waals surface area (Å²) in [5.74, 6) is -2.96. The molecule has 0 fully saturated rings. The van der Waals surface area contributed by atoms with Crippen molar-refractivity contribution in [3.05, 3.63) is 59.7 Å². The fourth-order valence-electron chi connectivity index (χ4n) is 1.45. The quantitative estimate of drug-likeness (QED) is 0.876. The van der Waals surface area contributed by atoms with Crippen molar-refractivity contribution in [1.82, 2.24) is 0 Å². The summed E-state index contributed by atoms with van der Waals surface area (Å²) in [5.41, 5.74) is 0.600. The van der Waals surface area contributed by atoms with E-state index in [4.69, 9.17) is 5.11 Å². The zero-order valence-electron chi connectivity index (χ0n) is 9.15. The highest BCUT2D eigenvalue weighted by molar-refractivity contribution is 5.88. The molecular weight excluding hydrogens is 240 g/mol. The minimum absolute atomic E-state index is 0.00178. The van der Waals surface area contributed by atoms with Crippen LogP contribution in [0.2, 0.25) is 0 Å². The van der Waals surface area contributed by atoms with Gasteiger partial charge in [0.25, 0.3) is 0 Å². The van der Waals surface area contributed by atoms with E-state index < -0.39 is 17.6 Å². The lowest BCUT2D eigenvalue weighted by Crippen LogP contribution is -1.98. The Labute approximate surface area is 102 Å². The maximum atomic E-state index is 13.4. The fourth-order valence-corrected chi connectivity index (χ4v) is 1.45. The topological polar surface area (TPSA) is 49.3 Å². The third-order valence-corrected chi connectivity index (χ3v) is 2.36. The molecule has 0 spiro atoms. The lowest BCUT2D eigenvalue weighted by Gasteiger charge is -2.08. The monoisotopic (exact) mass is 249 g/mol. The maximum Gasteiger partial charge on any atom is 0.335 e. The predicted molar refractivity (Wildman–Crippen MR) is 63.0 cm³/mol. The summed E-state index contributed by atoms with van der Waals surface area (Å²) in [6.07, 6.45) is 0. The Morgan fingerprint density at radius 3 is 2.33 bits per heavy atom. The number of rotatable bonds is 3. The molecule has 18 heavy (non-hydrogen) atoms. The average molecular weight is 249 g/mol. The van der Waals surface area contributed by atoms with Crippen LogP contribution in [0.1, 0.15) is 10.4 Å². The largest absolute Gasteiger partial charge is 0.478 e. The highest BCUT2D eigenvalue weighted by atomic mass is 19.2. The van der Waals surface area contributed by atoms with Crippen LogP contribution in [0.4, 0.5) is 20.2 Å².